The van der Waals surface area contributed by atoms with E-state index in [0.29, 0.717) is 5.13 Å². The summed E-state index contributed by atoms with van der Waals surface area (Å²) < 4.78 is 4.27. The highest BCUT2D eigenvalue weighted by Gasteiger charge is 2.14. The number of thioether (sulfide) groups is 1. The third kappa shape index (κ3) is 6.74. The number of thiophene rings is 1. The number of hydrazine groups is 2. The summed E-state index contributed by atoms with van der Waals surface area (Å²) in [6.07, 6.45) is 2.57. The quantitative estimate of drug-likeness (QED) is 0.0819. The zero-order valence-corrected chi connectivity index (χ0v) is 24.1. The summed E-state index contributed by atoms with van der Waals surface area (Å²) in [4.78, 5) is 6.81. The lowest BCUT2D eigenvalue weighted by Crippen LogP contribution is -2.15. The van der Waals surface area contributed by atoms with E-state index < -0.39 is 0 Å². The van der Waals surface area contributed by atoms with Gasteiger partial charge in [0.2, 0.25) is 10.3 Å². The van der Waals surface area contributed by atoms with Crippen LogP contribution in [0, 0.1) is 13.8 Å². The second-order valence-electron chi connectivity index (χ2n) is 8.86. The summed E-state index contributed by atoms with van der Waals surface area (Å²) in [5.41, 5.74) is 19.1. The van der Waals surface area contributed by atoms with Crippen molar-refractivity contribution in [3.63, 3.8) is 0 Å². The number of hydrogen-bond acceptors (Lipinski definition) is 12. The van der Waals surface area contributed by atoms with E-state index in [-0.39, 0.29) is 0 Å². The molecule has 0 unspecified atom stereocenters. The maximum absolute atomic E-state index is 4.36. The van der Waals surface area contributed by atoms with Crippen LogP contribution in [0.5, 0.6) is 0 Å². The molecule has 0 spiro atoms. The number of benzene rings is 2. The Morgan fingerprint density at radius 2 is 1.66 bits per heavy atom. The monoisotopic (exact) mass is 565 g/mol. The Kier molecular flexibility index (Phi) is 8.61. The van der Waals surface area contributed by atoms with Crippen LogP contribution in [0.3, 0.4) is 0 Å². The molecule has 0 atom stereocenters. The Morgan fingerprint density at radius 1 is 0.895 bits per heavy atom. The van der Waals surface area contributed by atoms with E-state index in [4.69, 9.17) is 0 Å². The molecule has 1 aliphatic heterocycles. The van der Waals surface area contributed by atoms with Crippen LogP contribution < -0.4 is 26.6 Å². The first-order valence-corrected chi connectivity index (χ1v) is 15.1. The van der Waals surface area contributed by atoms with Gasteiger partial charge in [-0.05, 0) is 92.1 Å². The number of nitrogens with zero attached hydrogens (tertiary/aromatic N) is 5. The standard InChI is InChI=1S/C26H31N9S3/c1-4-36-26-27-25(38-34-26)33-31-22-10-7-19(15-18(22)3)28-30-21-9-8-20(16-17(21)2)29-32-23-11-12-24(37-23)35-13-5-6-14-35/h7-12,15-16,28-30,32H,4-6,13-14H2,1-3H3. The average molecular weight is 566 g/mol. The minimum Gasteiger partial charge on any atom is -0.363 e. The predicted molar refractivity (Wildman–Crippen MR) is 163 cm³/mol. The van der Waals surface area contributed by atoms with Gasteiger partial charge < -0.3 is 21.2 Å². The van der Waals surface area contributed by atoms with Gasteiger partial charge in [-0.2, -0.15) is 9.36 Å². The van der Waals surface area contributed by atoms with Gasteiger partial charge in [-0.15, -0.1) is 10.2 Å². The maximum atomic E-state index is 4.36. The third-order valence-electron chi connectivity index (χ3n) is 6.02. The molecule has 2 aromatic carbocycles. The molecule has 198 valence electrons. The molecule has 1 saturated heterocycles. The topological polar surface area (TPSA) is 102 Å². The zero-order valence-electron chi connectivity index (χ0n) is 21.6. The van der Waals surface area contributed by atoms with E-state index in [0.717, 1.165) is 62.9 Å². The molecule has 12 heteroatoms. The summed E-state index contributed by atoms with van der Waals surface area (Å²) >= 11 is 4.64. The largest absolute Gasteiger partial charge is 0.363 e. The Morgan fingerprint density at radius 3 is 2.42 bits per heavy atom. The van der Waals surface area contributed by atoms with Crippen molar-refractivity contribution in [1.82, 2.24) is 9.36 Å². The highest BCUT2D eigenvalue weighted by atomic mass is 32.2. The minimum absolute atomic E-state index is 0.565. The van der Waals surface area contributed by atoms with Crippen LogP contribution in [0.2, 0.25) is 0 Å². The Bertz CT molecular complexity index is 1390. The molecule has 2 aromatic heterocycles. The fraction of sp³-hybridized carbons (Fsp3) is 0.308. The first-order chi connectivity index (χ1) is 18.6. The molecule has 0 saturated carbocycles. The number of aryl methyl sites for hydroxylation is 2. The molecular weight excluding hydrogens is 535 g/mol. The van der Waals surface area contributed by atoms with Crippen molar-refractivity contribution in [3.05, 3.63) is 59.7 Å². The van der Waals surface area contributed by atoms with E-state index >= 15 is 0 Å². The van der Waals surface area contributed by atoms with E-state index in [9.17, 15) is 0 Å². The summed E-state index contributed by atoms with van der Waals surface area (Å²) in [5, 5.41) is 12.3. The van der Waals surface area contributed by atoms with Crippen LogP contribution in [0.15, 0.2) is 63.9 Å². The number of aromatic nitrogens is 2. The van der Waals surface area contributed by atoms with Crippen molar-refractivity contribution >= 4 is 72.5 Å². The number of azo groups is 1. The lowest BCUT2D eigenvalue weighted by Gasteiger charge is -2.15. The molecule has 0 amide bonds. The zero-order chi connectivity index (χ0) is 26.3. The van der Waals surface area contributed by atoms with Crippen molar-refractivity contribution in [1.29, 1.82) is 0 Å². The lowest BCUT2D eigenvalue weighted by molar-refractivity contribution is 0.949. The lowest BCUT2D eigenvalue weighted by atomic mass is 10.2. The number of rotatable bonds is 11. The highest BCUT2D eigenvalue weighted by molar-refractivity contribution is 7.99. The van der Waals surface area contributed by atoms with Gasteiger partial charge in [0.25, 0.3) is 0 Å². The van der Waals surface area contributed by atoms with E-state index in [1.165, 1.54) is 29.4 Å². The molecule has 0 radical (unpaired) electrons. The predicted octanol–water partition coefficient (Wildman–Crippen LogP) is 8.22. The summed E-state index contributed by atoms with van der Waals surface area (Å²) in [6, 6.07) is 16.5. The Balaban J connectivity index is 1.13. The molecule has 1 aliphatic rings. The second-order valence-corrected chi connectivity index (χ2v) is 11.9. The number of hydrogen-bond donors (Lipinski definition) is 4. The Labute approximate surface area is 235 Å². The fourth-order valence-corrected chi connectivity index (χ4v) is 6.14. The van der Waals surface area contributed by atoms with Gasteiger partial charge in [-0.1, -0.05) is 30.0 Å². The van der Waals surface area contributed by atoms with Crippen LogP contribution in [-0.4, -0.2) is 28.2 Å². The van der Waals surface area contributed by atoms with Gasteiger partial charge in [0.1, 0.15) is 5.00 Å². The third-order valence-corrected chi connectivity index (χ3v) is 8.52. The SMILES string of the molecule is CCSc1nsc(N=Nc2ccc(NNc3ccc(NNc4ccc(N5CCCC5)s4)cc3C)cc2C)n1. The second kappa shape index (κ2) is 12.5. The van der Waals surface area contributed by atoms with Gasteiger partial charge in [0.15, 0.2) is 0 Å². The van der Waals surface area contributed by atoms with Crippen LogP contribution >= 0.6 is 34.6 Å². The molecule has 9 nitrogen and oxygen atoms in total. The number of anilines is 5. The van der Waals surface area contributed by atoms with Crippen LogP contribution in [0.1, 0.15) is 30.9 Å². The van der Waals surface area contributed by atoms with Gasteiger partial charge in [0.05, 0.1) is 27.8 Å². The van der Waals surface area contributed by atoms with Crippen LogP contribution in [0.25, 0.3) is 0 Å². The fourth-order valence-electron chi connectivity index (χ4n) is 4.03. The summed E-state index contributed by atoms with van der Waals surface area (Å²) in [7, 11) is 0. The first-order valence-electron chi connectivity index (χ1n) is 12.6. The van der Waals surface area contributed by atoms with Crippen molar-refractivity contribution in [2.75, 3.05) is 45.4 Å². The highest BCUT2D eigenvalue weighted by Crippen LogP contribution is 2.32. The molecule has 3 heterocycles. The van der Waals surface area contributed by atoms with E-state index in [1.807, 2.05) is 31.2 Å². The molecule has 1 fully saturated rings. The van der Waals surface area contributed by atoms with Gasteiger partial charge in [0, 0.05) is 24.6 Å². The molecule has 0 bridgehead atoms. The molecule has 0 aliphatic carbocycles. The summed E-state index contributed by atoms with van der Waals surface area (Å²) in [5.74, 6) is 0.933. The van der Waals surface area contributed by atoms with Gasteiger partial charge in [-0.25, -0.2) is 0 Å². The van der Waals surface area contributed by atoms with Crippen molar-refractivity contribution < 1.29 is 0 Å². The van der Waals surface area contributed by atoms with Crippen LogP contribution in [-0.2, 0) is 0 Å². The molecule has 4 N–H and O–H groups in total. The van der Waals surface area contributed by atoms with Crippen molar-refractivity contribution in [3.8, 4) is 0 Å². The van der Waals surface area contributed by atoms with E-state index in [1.54, 1.807) is 23.1 Å². The molecule has 4 aromatic rings. The van der Waals surface area contributed by atoms with E-state index in [2.05, 4.69) is 84.3 Å². The molecule has 38 heavy (non-hydrogen) atoms. The normalized spacial score (nSPS) is 13.3. The number of nitrogens with one attached hydrogen (secondary N) is 4. The minimum atomic E-state index is 0.565. The smallest absolute Gasteiger partial charge is 0.250 e. The van der Waals surface area contributed by atoms with Crippen molar-refractivity contribution in [2.24, 2.45) is 10.2 Å². The van der Waals surface area contributed by atoms with Crippen molar-refractivity contribution in [2.45, 2.75) is 38.8 Å². The molecular formula is C26H31N9S3. The van der Waals surface area contributed by atoms with Crippen LogP contribution in [0.4, 0.5) is 37.9 Å². The average Bonchev–Trinajstić information content (AvgIpc) is 3.69. The Hall–Kier alpha value is -3.35. The molecule has 5 rings (SSSR count). The van der Waals surface area contributed by atoms with Gasteiger partial charge >= 0.3 is 0 Å². The first kappa shape index (κ1) is 26.3. The maximum Gasteiger partial charge on any atom is 0.250 e. The van der Waals surface area contributed by atoms with Gasteiger partial charge in [-0.3, -0.25) is 5.43 Å². The summed E-state index contributed by atoms with van der Waals surface area (Å²) in [6.45, 7) is 8.49.